The van der Waals surface area contributed by atoms with E-state index in [0.29, 0.717) is 34.1 Å². The largest absolute Gasteiger partial charge is 0.326 e. The van der Waals surface area contributed by atoms with Gasteiger partial charge in [-0.15, -0.1) is 0 Å². The third-order valence-electron chi connectivity index (χ3n) is 4.22. The van der Waals surface area contributed by atoms with E-state index in [-0.39, 0.29) is 11.8 Å². The van der Waals surface area contributed by atoms with Crippen LogP contribution in [0.15, 0.2) is 42.5 Å². The Morgan fingerprint density at radius 2 is 1.81 bits per heavy atom. The molecule has 27 heavy (non-hydrogen) atoms. The average molecular weight is 382 g/mol. The molecular formula is C21H20ClN3O2. The van der Waals surface area contributed by atoms with Crippen LogP contribution < -0.4 is 10.6 Å². The highest BCUT2D eigenvalue weighted by atomic mass is 35.5. The van der Waals surface area contributed by atoms with Crippen molar-refractivity contribution in [2.24, 2.45) is 0 Å². The first-order valence-corrected chi connectivity index (χ1v) is 9.04. The molecule has 1 heterocycles. The van der Waals surface area contributed by atoms with E-state index in [9.17, 15) is 9.59 Å². The lowest BCUT2D eigenvalue weighted by atomic mass is 10.1. The van der Waals surface area contributed by atoms with E-state index >= 15 is 0 Å². The molecule has 0 radical (unpaired) electrons. The van der Waals surface area contributed by atoms with Crippen molar-refractivity contribution in [1.29, 1.82) is 0 Å². The number of carbonyl (C=O) groups excluding carboxylic acids is 2. The summed E-state index contributed by atoms with van der Waals surface area (Å²) < 4.78 is 0. The molecule has 138 valence electrons. The number of carbonyl (C=O) groups is 2. The zero-order valence-corrected chi connectivity index (χ0v) is 16.1. The molecule has 2 amide bonds. The zero-order chi connectivity index (χ0) is 19.6. The van der Waals surface area contributed by atoms with Gasteiger partial charge in [0.2, 0.25) is 5.91 Å². The zero-order valence-electron chi connectivity index (χ0n) is 15.4. The standard InChI is InChI=1S/C21H20ClN3O2/c1-4-20(26)24-15-6-7-17(22)19(11-15)25-21(27)16-10-14-9-12(2)5-8-18(14)23-13(16)3/h5-11H,4H2,1-3H3,(H,24,26)(H,25,27). The minimum absolute atomic E-state index is 0.112. The van der Waals surface area contributed by atoms with Gasteiger partial charge in [0.1, 0.15) is 0 Å². The summed E-state index contributed by atoms with van der Waals surface area (Å²) in [6.07, 6.45) is 0.367. The molecule has 2 N–H and O–H groups in total. The number of benzene rings is 2. The van der Waals surface area contributed by atoms with Gasteiger partial charge in [-0.05, 0) is 50.2 Å². The van der Waals surface area contributed by atoms with Crippen LogP contribution in [-0.4, -0.2) is 16.8 Å². The van der Waals surface area contributed by atoms with Crippen LogP contribution in [0.5, 0.6) is 0 Å². The van der Waals surface area contributed by atoms with Crippen LogP contribution in [0.1, 0.15) is 35.0 Å². The van der Waals surface area contributed by atoms with Crippen molar-refractivity contribution >= 4 is 45.7 Å². The molecule has 0 saturated heterocycles. The fraction of sp³-hybridized carbons (Fsp3) is 0.190. The molecule has 2 aromatic carbocycles. The van der Waals surface area contributed by atoms with Gasteiger partial charge in [0.05, 0.1) is 27.5 Å². The molecule has 0 spiro atoms. The highest BCUT2D eigenvalue weighted by Crippen LogP contribution is 2.27. The van der Waals surface area contributed by atoms with E-state index < -0.39 is 0 Å². The van der Waals surface area contributed by atoms with Crippen molar-refractivity contribution in [2.45, 2.75) is 27.2 Å². The van der Waals surface area contributed by atoms with Crippen molar-refractivity contribution in [3.63, 3.8) is 0 Å². The summed E-state index contributed by atoms with van der Waals surface area (Å²) in [5, 5.41) is 6.86. The summed E-state index contributed by atoms with van der Waals surface area (Å²) in [4.78, 5) is 28.9. The Morgan fingerprint density at radius 1 is 1.04 bits per heavy atom. The van der Waals surface area contributed by atoms with Crippen LogP contribution in [0.25, 0.3) is 10.9 Å². The molecular weight excluding hydrogens is 362 g/mol. The molecule has 3 aromatic rings. The summed E-state index contributed by atoms with van der Waals surface area (Å²) in [5.74, 6) is -0.413. The first-order valence-electron chi connectivity index (χ1n) is 8.66. The van der Waals surface area contributed by atoms with Crippen molar-refractivity contribution in [3.8, 4) is 0 Å². The Kier molecular flexibility index (Phi) is 5.42. The maximum absolute atomic E-state index is 12.8. The number of fused-ring (bicyclic) bond motifs is 1. The molecule has 0 unspecified atom stereocenters. The normalized spacial score (nSPS) is 10.7. The lowest BCUT2D eigenvalue weighted by Gasteiger charge is -2.12. The maximum Gasteiger partial charge on any atom is 0.257 e. The monoisotopic (exact) mass is 381 g/mol. The van der Waals surface area contributed by atoms with Gasteiger partial charge in [0.25, 0.3) is 5.91 Å². The maximum atomic E-state index is 12.8. The van der Waals surface area contributed by atoms with Crippen LogP contribution in [-0.2, 0) is 4.79 Å². The number of aryl methyl sites for hydroxylation is 2. The van der Waals surface area contributed by atoms with Gasteiger partial charge < -0.3 is 10.6 Å². The number of rotatable bonds is 4. The van der Waals surface area contributed by atoms with Gasteiger partial charge in [-0.2, -0.15) is 0 Å². The Labute approximate surface area is 162 Å². The number of pyridine rings is 1. The van der Waals surface area contributed by atoms with E-state index in [1.54, 1.807) is 32.0 Å². The number of amides is 2. The van der Waals surface area contributed by atoms with Crippen LogP contribution >= 0.6 is 11.6 Å². The first kappa shape index (κ1) is 18.9. The van der Waals surface area contributed by atoms with E-state index in [4.69, 9.17) is 11.6 Å². The molecule has 0 saturated carbocycles. The molecule has 1 aromatic heterocycles. The molecule has 5 nitrogen and oxygen atoms in total. The molecule has 0 fully saturated rings. The highest BCUT2D eigenvalue weighted by molar-refractivity contribution is 6.34. The van der Waals surface area contributed by atoms with Crippen molar-refractivity contribution in [2.75, 3.05) is 10.6 Å². The van der Waals surface area contributed by atoms with Gasteiger partial charge in [-0.1, -0.05) is 30.2 Å². The summed E-state index contributed by atoms with van der Waals surface area (Å²) in [7, 11) is 0. The van der Waals surface area contributed by atoms with Crippen LogP contribution in [0, 0.1) is 13.8 Å². The number of hydrogen-bond donors (Lipinski definition) is 2. The summed E-state index contributed by atoms with van der Waals surface area (Å²) >= 11 is 6.21. The molecule has 0 aliphatic rings. The van der Waals surface area contributed by atoms with E-state index in [1.165, 1.54) is 0 Å². The number of anilines is 2. The predicted octanol–water partition coefficient (Wildman–Crippen LogP) is 5.11. The quantitative estimate of drug-likeness (QED) is 0.660. The fourth-order valence-corrected chi connectivity index (χ4v) is 2.92. The fourth-order valence-electron chi connectivity index (χ4n) is 2.76. The topological polar surface area (TPSA) is 71.1 Å². The number of hydrogen-bond acceptors (Lipinski definition) is 3. The molecule has 0 aliphatic heterocycles. The second kappa shape index (κ2) is 7.76. The third kappa shape index (κ3) is 4.26. The predicted molar refractivity (Wildman–Crippen MR) is 110 cm³/mol. The summed E-state index contributed by atoms with van der Waals surface area (Å²) in [5.41, 5.74) is 4.06. The van der Waals surface area contributed by atoms with Crippen LogP contribution in [0.4, 0.5) is 11.4 Å². The number of nitrogens with zero attached hydrogens (tertiary/aromatic N) is 1. The SMILES string of the molecule is CCC(=O)Nc1ccc(Cl)c(NC(=O)c2cc3cc(C)ccc3nc2C)c1. The van der Waals surface area contributed by atoms with Crippen LogP contribution in [0.3, 0.4) is 0 Å². The third-order valence-corrected chi connectivity index (χ3v) is 4.55. The summed E-state index contributed by atoms with van der Waals surface area (Å²) in [6, 6.07) is 12.7. The molecule has 6 heteroatoms. The minimum atomic E-state index is -0.302. The lowest BCUT2D eigenvalue weighted by molar-refractivity contribution is -0.115. The molecule has 0 bridgehead atoms. The molecule has 0 aliphatic carbocycles. The first-order chi connectivity index (χ1) is 12.9. The summed E-state index contributed by atoms with van der Waals surface area (Å²) in [6.45, 7) is 5.56. The van der Waals surface area contributed by atoms with Gasteiger partial charge in [-0.3, -0.25) is 14.6 Å². The van der Waals surface area contributed by atoms with Gasteiger partial charge in [0, 0.05) is 17.5 Å². The highest BCUT2D eigenvalue weighted by Gasteiger charge is 2.14. The van der Waals surface area contributed by atoms with Crippen molar-refractivity contribution in [1.82, 2.24) is 4.98 Å². The molecule has 3 rings (SSSR count). The van der Waals surface area contributed by atoms with Crippen molar-refractivity contribution in [3.05, 3.63) is 64.3 Å². The lowest BCUT2D eigenvalue weighted by Crippen LogP contribution is -2.15. The van der Waals surface area contributed by atoms with Crippen molar-refractivity contribution < 1.29 is 9.59 Å². The number of halogens is 1. The second-order valence-corrected chi connectivity index (χ2v) is 6.78. The minimum Gasteiger partial charge on any atom is -0.326 e. The van der Waals surface area contributed by atoms with Gasteiger partial charge >= 0.3 is 0 Å². The second-order valence-electron chi connectivity index (χ2n) is 6.37. The Morgan fingerprint density at radius 3 is 2.56 bits per heavy atom. The number of nitrogens with one attached hydrogen (secondary N) is 2. The Bertz CT molecular complexity index is 1050. The average Bonchev–Trinajstić information content (AvgIpc) is 2.64. The van der Waals surface area contributed by atoms with Crippen LogP contribution in [0.2, 0.25) is 5.02 Å². The van der Waals surface area contributed by atoms with Gasteiger partial charge in [-0.25, -0.2) is 0 Å². The van der Waals surface area contributed by atoms with E-state index in [1.807, 2.05) is 31.2 Å². The smallest absolute Gasteiger partial charge is 0.257 e. The Balaban J connectivity index is 1.91. The van der Waals surface area contributed by atoms with E-state index in [0.717, 1.165) is 16.5 Å². The van der Waals surface area contributed by atoms with E-state index in [2.05, 4.69) is 15.6 Å². The van der Waals surface area contributed by atoms with Gasteiger partial charge in [0.15, 0.2) is 0 Å². The Hall–Kier alpha value is -2.92. The number of aromatic nitrogens is 1. The molecule has 0 atom stereocenters.